The van der Waals surface area contributed by atoms with Crippen molar-refractivity contribution >= 4 is 5.91 Å². The van der Waals surface area contributed by atoms with Gasteiger partial charge in [0.2, 0.25) is 5.88 Å². The number of aromatic nitrogens is 1. The Morgan fingerprint density at radius 3 is 3.11 bits per heavy atom. The molecule has 1 amide bonds. The molecule has 0 aromatic carbocycles. The Kier molecular flexibility index (Phi) is 4.15. The number of ether oxygens (including phenoxy) is 1. The van der Waals surface area contributed by atoms with Crippen LogP contribution in [0.3, 0.4) is 0 Å². The van der Waals surface area contributed by atoms with Gasteiger partial charge in [0, 0.05) is 18.8 Å². The van der Waals surface area contributed by atoms with Gasteiger partial charge in [-0.3, -0.25) is 4.79 Å². The third-order valence-electron chi connectivity index (χ3n) is 3.34. The monoisotopic (exact) mass is 249 g/mol. The minimum absolute atomic E-state index is 0.138. The molecule has 0 radical (unpaired) electrons. The summed E-state index contributed by atoms with van der Waals surface area (Å²) in [6.07, 6.45) is 4.73. The molecule has 5 heteroatoms. The van der Waals surface area contributed by atoms with Crippen molar-refractivity contribution in [3.8, 4) is 5.88 Å². The summed E-state index contributed by atoms with van der Waals surface area (Å²) in [6.45, 7) is 0.671. The van der Waals surface area contributed by atoms with Crippen LogP contribution in [0.2, 0.25) is 0 Å². The fourth-order valence-electron chi connectivity index (χ4n) is 2.36. The zero-order valence-corrected chi connectivity index (χ0v) is 10.6. The van der Waals surface area contributed by atoms with Gasteiger partial charge in [-0.15, -0.1) is 0 Å². The van der Waals surface area contributed by atoms with Gasteiger partial charge in [-0.25, -0.2) is 4.98 Å². The predicted molar refractivity (Wildman–Crippen MR) is 68.4 cm³/mol. The van der Waals surface area contributed by atoms with Crippen LogP contribution in [0.4, 0.5) is 0 Å². The van der Waals surface area contributed by atoms with Gasteiger partial charge < -0.3 is 15.8 Å². The molecule has 1 aromatic rings. The number of hydrogen-bond acceptors (Lipinski definition) is 4. The molecule has 1 aliphatic carbocycles. The van der Waals surface area contributed by atoms with E-state index in [0.29, 0.717) is 29.9 Å². The number of amides is 1. The molecule has 1 heterocycles. The molecular weight excluding hydrogens is 230 g/mol. The van der Waals surface area contributed by atoms with Gasteiger partial charge in [0.25, 0.3) is 5.91 Å². The Bertz CT molecular complexity index is 422. The number of nitrogens with zero attached hydrogens (tertiary/aromatic N) is 1. The van der Waals surface area contributed by atoms with Crippen molar-refractivity contribution in [3.05, 3.63) is 23.9 Å². The molecule has 5 nitrogen and oxygen atoms in total. The standard InChI is InChI=1S/C13H19N3O2/c1-18-13-11(3-2-6-15-13)12(17)16-8-9-4-5-10(14)7-9/h2-3,6,9-10H,4-5,7-8,14H2,1H3,(H,16,17). The van der Waals surface area contributed by atoms with Crippen LogP contribution < -0.4 is 15.8 Å². The van der Waals surface area contributed by atoms with Crippen molar-refractivity contribution in [2.45, 2.75) is 25.3 Å². The topological polar surface area (TPSA) is 77.2 Å². The van der Waals surface area contributed by atoms with Gasteiger partial charge in [-0.1, -0.05) is 0 Å². The number of methoxy groups -OCH3 is 1. The van der Waals surface area contributed by atoms with Crippen molar-refractivity contribution in [2.24, 2.45) is 11.7 Å². The van der Waals surface area contributed by atoms with Gasteiger partial charge in [-0.05, 0) is 37.3 Å². The van der Waals surface area contributed by atoms with E-state index in [1.807, 2.05) is 0 Å². The number of rotatable bonds is 4. The minimum Gasteiger partial charge on any atom is -0.480 e. The highest BCUT2D eigenvalue weighted by molar-refractivity contribution is 5.96. The number of carbonyl (C=O) groups excluding carboxylic acids is 1. The Hall–Kier alpha value is -1.62. The van der Waals surface area contributed by atoms with Gasteiger partial charge in [0.05, 0.1) is 7.11 Å². The predicted octanol–water partition coefficient (Wildman–Crippen LogP) is 0.947. The summed E-state index contributed by atoms with van der Waals surface area (Å²) < 4.78 is 5.06. The second-order valence-corrected chi connectivity index (χ2v) is 4.71. The highest BCUT2D eigenvalue weighted by atomic mass is 16.5. The second kappa shape index (κ2) is 5.82. The largest absolute Gasteiger partial charge is 0.480 e. The molecule has 1 fully saturated rings. The normalized spacial score (nSPS) is 22.8. The first-order valence-electron chi connectivity index (χ1n) is 6.23. The third-order valence-corrected chi connectivity index (χ3v) is 3.34. The maximum atomic E-state index is 12.0. The molecule has 1 saturated carbocycles. The summed E-state index contributed by atoms with van der Waals surface area (Å²) in [5, 5.41) is 2.92. The average Bonchev–Trinajstić information content (AvgIpc) is 2.81. The molecule has 2 atom stereocenters. The molecule has 0 spiro atoms. The number of nitrogens with two attached hydrogens (primary N) is 1. The molecule has 1 aliphatic rings. The van der Waals surface area contributed by atoms with E-state index < -0.39 is 0 Å². The van der Waals surface area contributed by atoms with Crippen molar-refractivity contribution in [1.29, 1.82) is 0 Å². The van der Waals surface area contributed by atoms with Gasteiger partial charge in [0.1, 0.15) is 5.56 Å². The van der Waals surface area contributed by atoms with E-state index in [1.165, 1.54) is 7.11 Å². The summed E-state index contributed by atoms with van der Waals surface area (Å²) in [5.41, 5.74) is 6.32. The lowest BCUT2D eigenvalue weighted by Crippen LogP contribution is -2.29. The molecule has 98 valence electrons. The molecule has 3 N–H and O–H groups in total. The fraction of sp³-hybridized carbons (Fsp3) is 0.538. The summed E-state index contributed by atoms with van der Waals surface area (Å²) >= 11 is 0. The minimum atomic E-state index is -0.138. The Labute approximate surface area is 107 Å². The summed E-state index contributed by atoms with van der Waals surface area (Å²) in [6, 6.07) is 3.73. The van der Waals surface area contributed by atoms with E-state index in [2.05, 4.69) is 10.3 Å². The van der Waals surface area contributed by atoms with Crippen LogP contribution in [0.15, 0.2) is 18.3 Å². The average molecular weight is 249 g/mol. The van der Waals surface area contributed by atoms with Crippen molar-refractivity contribution in [3.63, 3.8) is 0 Å². The maximum Gasteiger partial charge on any atom is 0.256 e. The Morgan fingerprint density at radius 1 is 1.61 bits per heavy atom. The zero-order chi connectivity index (χ0) is 13.0. The lowest BCUT2D eigenvalue weighted by molar-refractivity contribution is 0.0943. The van der Waals surface area contributed by atoms with Gasteiger partial charge >= 0.3 is 0 Å². The molecule has 0 bridgehead atoms. The van der Waals surface area contributed by atoms with Crippen LogP contribution in [0.5, 0.6) is 5.88 Å². The summed E-state index contributed by atoms with van der Waals surface area (Å²) in [5.74, 6) is 0.713. The van der Waals surface area contributed by atoms with E-state index >= 15 is 0 Å². The van der Waals surface area contributed by atoms with Gasteiger partial charge in [-0.2, -0.15) is 0 Å². The van der Waals surface area contributed by atoms with Crippen LogP contribution >= 0.6 is 0 Å². The van der Waals surface area contributed by atoms with E-state index in [-0.39, 0.29) is 5.91 Å². The molecule has 2 rings (SSSR count). The van der Waals surface area contributed by atoms with Crippen molar-refractivity contribution < 1.29 is 9.53 Å². The maximum absolute atomic E-state index is 12.0. The smallest absolute Gasteiger partial charge is 0.256 e. The Balaban J connectivity index is 1.91. The summed E-state index contributed by atoms with van der Waals surface area (Å²) in [7, 11) is 1.51. The van der Waals surface area contributed by atoms with E-state index in [9.17, 15) is 4.79 Å². The summed E-state index contributed by atoms with van der Waals surface area (Å²) in [4.78, 5) is 16.0. The number of pyridine rings is 1. The number of hydrogen-bond donors (Lipinski definition) is 2. The van der Waals surface area contributed by atoms with Crippen molar-refractivity contribution in [2.75, 3.05) is 13.7 Å². The van der Waals surface area contributed by atoms with Crippen LogP contribution in [0, 0.1) is 5.92 Å². The lowest BCUT2D eigenvalue weighted by atomic mass is 10.1. The first-order valence-corrected chi connectivity index (χ1v) is 6.23. The first-order chi connectivity index (χ1) is 8.70. The first kappa shape index (κ1) is 12.8. The number of carbonyl (C=O) groups is 1. The van der Waals surface area contributed by atoms with Crippen molar-refractivity contribution in [1.82, 2.24) is 10.3 Å². The highest BCUT2D eigenvalue weighted by Crippen LogP contribution is 2.23. The van der Waals surface area contributed by atoms with E-state index in [0.717, 1.165) is 19.3 Å². The van der Waals surface area contributed by atoms with Crippen LogP contribution in [0.25, 0.3) is 0 Å². The van der Waals surface area contributed by atoms with Crippen LogP contribution in [-0.4, -0.2) is 30.6 Å². The van der Waals surface area contributed by atoms with Crippen LogP contribution in [0.1, 0.15) is 29.6 Å². The van der Waals surface area contributed by atoms with Gasteiger partial charge in [0.15, 0.2) is 0 Å². The second-order valence-electron chi connectivity index (χ2n) is 4.71. The van der Waals surface area contributed by atoms with E-state index in [4.69, 9.17) is 10.5 Å². The molecule has 1 aromatic heterocycles. The fourth-order valence-corrected chi connectivity index (χ4v) is 2.36. The van der Waals surface area contributed by atoms with Crippen LogP contribution in [-0.2, 0) is 0 Å². The van der Waals surface area contributed by atoms with E-state index in [1.54, 1.807) is 18.3 Å². The lowest BCUT2D eigenvalue weighted by Gasteiger charge is -2.12. The SMILES string of the molecule is COc1ncccc1C(=O)NCC1CCC(N)C1. The quantitative estimate of drug-likeness (QED) is 0.832. The molecule has 2 unspecified atom stereocenters. The zero-order valence-electron chi connectivity index (χ0n) is 10.6. The third kappa shape index (κ3) is 2.98. The molecule has 0 saturated heterocycles. The Morgan fingerprint density at radius 2 is 2.44 bits per heavy atom. The molecular formula is C13H19N3O2. The molecule has 18 heavy (non-hydrogen) atoms. The molecule has 0 aliphatic heterocycles. The highest BCUT2D eigenvalue weighted by Gasteiger charge is 2.22. The number of nitrogens with one attached hydrogen (secondary N) is 1.